The Bertz CT molecular complexity index is 1170. The lowest BCUT2D eigenvalue weighted by atomic mass is 10.2. The predicted molar refractivity (Wildman–Crippen MR) is 124 cm³/mol. The fourth-order valence-electron chi connectivity index (χ4n) is 4.71. The Morgan fingerprint density at radius 1 is 0.844 bits per heavy atom. The van der Waals surface area contributed by atoms with E-state index in [0.29, 0.717) is 11.6 Å². The van der Waals surface area contributed by atoms with E-state index in [1.165, 1.54) is 18.5 Å². The Labute approximate surface area is 187 Å². The number of hydrogen-bond acceptors (Lipinski definition) is 7. The summed E-state index contributed by atoms with van der Waals surface area (Å²) in [7, 11) is 0. The monoisotopic (exact) mass is 429 g/mol. The normalized spacial score (nSPS) is 17.5. The summed E-state index contributed by atoms with van der Waals surface area (Å²) in [6.45, 7) is 6.89. The summed E-state index contributed by atoms with van der Waals surface area (Å²) in [5, 5.41) is 4.79. The third kappa shape index (κ3) is 3.60. The third-order valence-electron chi connectivity index (χ3n) is 6.44. The first-order valence-corrected chi connectivity index (χ1v) is 11.4. The molecule has 164 valence electrons. The average molecular weight is 430 g/mol. The van der Waals surface area contributed by atoms with Crippen LogP contribution in [0.4, 0.5) is 11.6 Å². The number of benzene rings is 1. The van der Waals surface area contributed by atoms with Gasteiger partial charge in [-0.25, -0.2) is 9.97 Å². The number of rotatable bonds is 5. The molecule has 0 aliphatic carbocycles. The number of aromatic nitrogens is 4. The zero-order chi connectivity index (χ0) is 21.3. The molecule has 0 N–H and O–H groups in total. The van der Waals surface area contributed by atoms with Crippen LogP contribution in [-0.4, -0.2) is 63.8 Å². The van der Waals surface area contributed by atoms with E-state index in [0.717, 1.165) is 63.0 Å². The smallest absolute Gasteiger partial charge is 0.228 e. The van der Waals surface area contributed by atoms with Crippen LogP contribution in [0.5, 0.6) is 0 Å². The van der Waals surface area contributed by atoms with Gasteiger partial charge in [0.15, 0.2) is 11.4 Å². The van der Waals surface area contributed by atoms with Crippen molar-refractivity contribution in [3.63, 3.8) is 0 Å². The highest BCUT2D eigenvalue weighted by Crippen LogP contribution is 2.25. The van der Waals surface area contributed by atoms with E-state index in [9.17, 15) is 0 Å². The third-order valence-corrected chi connectivity index (χ3v) is 6.44. The summed E-state index contributed by atoms with van der Waals surface area (Å²) in [4.78, 5) is 16.9. The van der Waals surface area contributed by atoms with Crippen LogP contribution in [0.25, 0.3) is 17.2 Å². The first kappa shape index (κ1) is 19.3. The molecule has 8 heteroatoms. The van der Waals surface area contributed by atoms with E-state index in [1.807, 2.05) is 22.8 Å². The predicted octanol–water partition coefficient (Wildman–Crippen LogP) is 3.31. The molecule has 0 radical (unpaired) electrons. The first-order chi connectivity index (χ1) is 15.8. The molecule has 0 atom stereocenters. The van der Waals surface area contributed by atoms with Gasteiger partial charge >= 0.3 is 0 Å². The van der Waals surface area contributed by atoms with E-state index in [2.05, 4.69) is 45.0 Å². The molecule has 32 heavy (non-hydrogen) atoms. The Kier molecular flexibility index (Phi) is 4.99. The van der Waals surface area contributed by atoms with Crippen LogP contribution in [0.3, 0.4) is 0 Å². The number of fused-ring (bicyclic) bond motifs is 1. The molecule has 0 spiro atoms. The molecule has 6 rings (SSSR count). The van der Waals surface area contributed by atoms with Crippen molar-refractivity contribution in [3.8, 4) is 11.6 Å². The van der Waals surface area contributed by atoms with E-state index in [1.54, 1.807) is 6.26 Å². The summed E-state index contributed by atoms with van der Waals surface area (Å²) in [6, 6.07) is 14.4. The van der Waals surface area contributed by atoms with Gasteiger partial charge < -0.3 is 14.2 Å². The maximum atomic E-state index is 5.57. The van der Waals surface area contributed by atoms with Crippen LogP contribution < -0.4 is 9.80 Å². The summed E-state index contributed by atoms with van der Waals surface area (Å²) in [5.41, 5.74) is 3.27. The molecule has 5 heterocycles. The SMILES string of the molecule is c1ccc(N2CCN(Cc3cnc(N4CCCC4)n4nc(-c5ccco5)nc34)CC2)cc1. The summed E-state index contributed by atoms with van der Waals surface area (Å²) in [6.07, 6.45) is 6.04. The number of furan rings is 1. The zero-order valence-corrected chi connectivity index (χ0v) is 18.1. The van der Waals surface area contributed by atoms with Gasteiger partial charge in [0.05, 0.1) is 6.26 Å². The van der Waals surface area contributed by atoms with Crippen LogP contribution in [0.1, 0.15) is 18.4 Å². The van der Waals surface area contributed by atoms with Crippen molar-refractivity contribution in [3.05, 3.63) is 60.5 Å². The Balaban J connectivity index is 1.27. The number of anilines is 2. The van der Waals surface area contributed by atoms with Gasteiger partial charge in [-0.1, -0.05) is 18.2 Å². The van der Waals surface area contributed by atoms with E-state index >= 15 is 0 Å². The topological polar surface area (TPSA) is 65.9 Å². The fourth-order valence-corrected chi connectivity index (χ4v) is 4.71. The largest absolute Gasteiger partial charge is 0.461 e. The average Bonchev–Trinajstić information content (AvgIpc) is 3.62. The minimum Gasteiger partial charge on any atom is -0.461 e. The molecular weight excluding hydrogens is 402 g/mol. The molecular formula is C24H27N7O. The van der Waals surface area contributed by atoms with Crippen molar-refractivity contribution < 1.29 is 4.42 Å². The van der Waals surface area contributed by atoms with Gasteiger partial charge in [-0.05, 0) is 37.1 Å². The van der Waals surface area contributed by atoms with Crippen molar-refractivity contribution in [1.29, 1.82) is 0 Å². The molecule has 8 nitrogen and oxygen atoms in total. The minimum absolute atomic E-state index is 0.610. The molecule has 2 fully saturated rings. The van der Waals surface area contributed by atoms with Gasteiger partial charge in [0.25, 0.3) is 0 Å². The molecule has 0 amide bonds. The van der Waals surface area contributed by atoms with Crippen LogP contribution in [0.15, 0.2) is 59.3 Å². The summed E-state index contributed by atoms with van der Waals surface area (Å²) < 4.78 is 7.49. The molecule has 4 aromatic rings. The lowest BCUT2D eigenvalue weighted by Gasteiger charge is -2.36. The van der Waals surface area contributed by atoms with Crippen molar-refractivity contribution in [1.82, 2.24) is 24.5 Å². The van der Waals surface area contributed by atoms with Gasteiger partial charge in [0.2, 0.25) is 11.8 Å². The minimum atomic E-state index is 0.610. The highest BCUT2D eigenvalue weighted by atomic mass is 16.3. The molecule has 0 saturated carbocycles. The van der Waals surface area contributed by atoms with Gasteiger partial charge in [-0.15, -0.1) is 5.10 Å². The fraction of sp³-hybridized carbons (Fsp3) is 0.375. The zero-order valence-electron chi connectivity index (χ0n) is 18.1. The molecule has 2 aliphatic heterocycles. The van der Waals surface area contributed by atoms with Crippen molar-refractivity contribution in [2.45, 2.75) is 19.4 Å². The second kappa shape index (κ2) is 8.27. The van der Waals surface area contributed by atoms with Crippen molar-refractivity contribution in [2.75, 3.05) is 49.1 Å². The first-order valence-electron chi connectivity index (χ1n) is 11.4. The quantitative estimate of drug-likeness (QED) is 0.482. The molecule has 2 aliphatic rings. The number of hydrogen-bond donors (Lipinski definition) is 0. The number of para-hydroxylation sites is 1. The molecule has 1 aromatic carbocycles. The number of piperazine rings is 1. The van der Waals surface area contributed by atoms with Crippen molar-refractivity contribution in [2.24, 2.45) is 0 Å². The highest BCUT2D eigenvalue weighted by Gasteiger charge is 2.23. The maximum absolute atomic E-state index is 5.57. The van der Waals surface area contributed by atoms with Crippen molar-refractivity contribution >= 4 is 17.3 Å². The van der Waals surface area contributed by atoms with Crippen LogP contribution in [0.2, 0.25) is 0 Å². The van der Waals surface area contributed by atoms with Gasteiger partial charge in [-0.2, -0.15) is 4.52 Å². The maximum Gasteiger partial charge on any atom is 0.228 e. The van der Waals surface area contributed by atoms with E-state index < -0.39 is 0 Å². The molecule has 2 saturated heterocycles. The second-order valence-electron chi connectivity index (χ2n) is 8.52. The standard InChI is InChI=1S/C24H27N7O/c1-2-7-20(8-3-1)29-14-12-28(13-15-29)18-19-17-25-24(30-10-4-5-11-30)31-23(19)26-22(27-31)21-9-6-16-32-21/h1-3,6-9,16-17H,4-5,10-15,18H2. The van der Waals surface area contributed by atoms with Gasteiger partial charge in [-0.3, -0.25) is 4.90 Å². The Hall–Kier alpha value is -3.39. The lowest BCUT2D eigenvalue weighted by Crippen LogP contribution is -2.46. The second-order valence-corrected chi connectivity index (χ2v) is 8.52. The summed E-state index contributed by atoms with van der Waals surface area (Å²) in [5.74, 6) is 2.17. The Morgan fingerprint density at radius 2 is 1.66 bits per heavy atom. The lowest BCUT2D eigenvalue weighted by molar-refractivity contribution is 0.250. The van der Waals surface area contributed by atoms with Crippen LogP contribution in [-0.2, 0) is 6.54 Å². The van der Waals surface area contributed by atoms with Gasteiger partial charge in [0.1, 0.15) is 0 Å². The molecule has 3 aromatic heterocycles. The number of nitrogens with zero attached hydrogens (tertiary/aromatic N) is 7. The summed E-state index contributed by atoms with van der Waals surface area (Å²) >= 11 is 0. The molecule has 0 bridgehead atoms. The molecule has 0 unspecified atom stereocenters. The van der Waals surface area contributed by atoms with E-state index in [4.69, 9.17) is 19.5 Å². The van der Waals surface area contributed by atoms with Crippen LogP contribution in [0, 0.1) is 0 Å². The van der Waals surface area contributed by atoms with E-state index in [-0.39, 0.29) is 0 Å². The van der Waals surface area contributed by atoms with Crippen LogP contribution >= 0.6 is 0 Å². The highest BCUT2D eigenvalue weighted by molar-refractivity contribution is 5.58. The van der Waals surface area contributed by atoms with Gasteiger partial charge in [0, 0.05) is 63.3 Å². The Morgan fingerprint density at radius 3 is 2.41 bits per heavy atom.